The molecule has 0 aliphatic carbocycles. The Balaban J connectivity index is 1.87. The van der Waals surface area contributed by atoms with E-state index >= 15 is 0 Å². The zero-order valence-corrected chi connectivity index (χ0v) is 13.0. The number of nitrogens with zero attached hydrogens (tertiary/aromatic N) is 1. The van der Waals surface area contributed by atoms with Crippen molar-refractivity contribution in [2.24, 2.45) is 0 Å². The van der Waals surface area contributed by atoms with Crippen LogP contribution >= 0.6 is 11.6 Å². The normalized spacial score (nSPS) is 11.6. The van der Waals surface area contributed by atoms with Crippen molar-refractivity contribution in [3.05, 3.63) is 59.0 Å². The molecule has 0 aliphatic rings. The Bertz CT molecular complexity index is 707. The number of halogens is 2. The van der Waals surface area contributed by atoms with Gasteiger partial charge in [-0.15, -0.1) is 0 Å². The summed E-state index contributed by atoms with van der Waals surface area (Å²) in [5.41, 5.74) is 0.474. The molecule has 1 aromatic carbocycles. The number of pyridine rings is 1. The molecule has 5 nitrogen and oxygen atoms in total. The number of hydrogen-bond donors (Lipinski definition) is 1. The van der Waals surface area contributed by atoms with Gasteiger partial charge in [-0.05, 0) is 36.8 Å². The minimum atomic E-state index is -1.01. The smallest absolute Gasteiger partial charge is 0.311 e. The number of hydrogen-bond acceptors (Lipinski definition) is 4. The van der Waals surface area contributed by atoms with Crippen molar-refractivity contribution in [2.75, 3.05) is 5.32 Å². The summed E-state index contributed by atoms with van der Waals surface area (Å²) in [6.07, 6.45) is 0.264. The fourth-order valence-electron chi connectivity index (χ4n) is 1.78. The van der Waals surface area contributed by atoms with Gasteiger partial charge in [-0.3, -0.25) is 9.59 Å². The number of nitrogens with one attached hydrogen (secondary N) is 1. The number of rotatable bonds is 5. The SMILES string of the molecule is C[C@H](OC(=O)Cc1cccc(F)c1)C(=O)Nc1ccc(Cl)cn1. The molecule has 0 unspecified atom stereocenters. The summed E-state index contributed by atoms with van der Waals surface area (Å²) in [5, 5.41) is 2.94. The molecule has 1 aromatic heterocycles. The lowest BCUT2D eigenvalue weighted by atomic mass is 10.1. The van der Waals surface area contributed by atoms with Gasteiger partial charge in [0.05, 0.1) is 11.4 Å². The van der Waals surface area contributed by atoms with E-state index in [1.807, 2.05) is 0 Å². The first-order valence-corrected chi connectivity index (χ1v) is 7.18. The quantitative estimate of drug-likeness (QED) is 0.852. The first kappa shape index (κ1) is 16.9. The van der Waals surface area contributed by atoms with Crippen LogP contribution in [0.1, 0.15) is 12.5 Å². The van der Waals surface area contributed by atoms with Crippen LogP contribution in [0.4, 0.5) is 10.2 Å². The summed E-state index contributed by atoms with van der Waals surface area (Å²) in [6.45, 7) is 1.44. The molecule has 0 saturated carbocycles. The van der Waals surface area contributed by atoms with Gasteiger partial charge in [0, 0.05) is 6.20 Å². The average Bonchev–Trinajstić information content (AvgIpc) is 2.49. The third kappa shape index (κ3) is 5.34. The van der Waals surface area contributed by atoms with Gasteiger partial charge in [0.25, 0.3) is 5.91 Å². The first-order chi connectivity index (χ1) is 10.9. The topological polar surface area (TPSA) is 68.3 Å². The molecule has 2 rings (SSSR count). The summed E-state index contributed by atoms with van der Waals surface area (Å²) in [4.78, 5) is 27.6. The molecule has 2 aromatic rings. The second kappa shape index (κ2) is 7.69. The third-order valence-electron chi connectivity index (χ3n) is 2.89. The van der Waals surface area contributed by atoms with Crippen LogP contribution in [0.5, 0.6) is 0 Å². The Labute approximate surface area is 137 Å². The Morgan fingerprint density at radius 2 is 2.13 bits per heavy atom. The molecule has 0 saturated heterocycles. The highest BCUT2D eigenvalue weighted by Gasteiger charge is 2.18. The molecule has 0 spiro atoms. The van der Waals surface area contributed by atoms with Crippen molar-refractivity contribution in [3.63, 3.8) is 0 Å². The lowest BCUT2D eigenvalue weighted by molar-refractivity contribution is -0.152. The van der Waals surface area contributed by atoms with Gasteiger partial charge < -0.3 is 10.1 Å². The molecule has 0 aliphatic heterocycles. The highest BCUT2D eigenvalue weighted by Crippen LogP contribution is 2.11. The second-order valence-corrected chi connectivity index (χ2v) is 5.23. The van der Waals surface area contributed by atoms with Crippen LogP contribution in [-0.2, 0) is 20.7 Å². The predicted octanol–water partition coefficient (Wildman–Crippen LogP) is 2.99. The zero-order chi connectivity index (χ0) is 16.8. The highest BCUT2D eigenvalue weighted by molar-refractivity contribution is 6.30. The van der Waals surface area contributed by atoms with Crippen molar-refractivity contribution in [1.29, 1.82) is 0 Å². The summed E-state index contributed by atoms with van der Waals surface area (Å²) < 4.78 is 18.1. The second-order valence-electron chi connectivity index (χ2n) is 4.79. The Morgan fingerprint density at radius 1 is 1.35 bits per heavy atom. The van der Waals surface area contributed by atoms with Gasteiger partial charge in [0.15, 0.2) is 6.10 Å². The Hall–Kier alpha value is -2.47. The standard InChI is InChI=1S/C16H14ClFN2O3/c1-10(16(22)20-14-6-5-12(17)9-19-14)23-15(21)8-11-3-2-4-13(18)7-11/h2-7,9-10H,8H2,1H3,(H,19,20,22)/t10-/m0/s1. The molecule has 7 heteroatoms. The lowest BCUT2D eigenvalue weighted by Gasteiger charge is -2.13. The van der Waals surface area contributed by atoms with Crippen LogP contribution < -0.4 is 5.32 Å². The molecule has 1 atom stereocenters. The number of carbonyl (C=O) groups excluding carboxylic acids is 2. The molecular formula is C16H14ClFN2O3. The number of carbonyl (C=O) groups is 2. The van der Waals surface area contributed by atoms with E-state index in [2.05, 4.69) is 10.3 Å². The number of ether oxygens (including phenoxy) is 1. The van der Waals surface area contributed by atoms with Crippen LogP contribution in [-0.4, -0.2) is 23.0 Å². The molecule has 0 radical (unpaired) electrons. The van der Waals surface area contributed by atoms with E-state index in [-0.39, 0.29) is 6.42 Å². The minimum absolute atomic E-state index is 0.116. The fourth-order valence-corrected chi connectivity index (χ4v) is 1.90. The van der Waals surface area contributed by atoms with Crippen molar-refractivity contribution >= 4 is 29.3 Å². The minimum Gasteiger partial charge on any atom is -0.452 e. The largest absolute Gasteiger partial charge is 0.452 e. The van der Waals surface area contributed by atoms with Crippen LogP contribution in [0.25, 0.3) is 0 Å². The summed E-state index contributed by atoms with van der Waals surface area (Å²) >= 11 is 5.70. The van der Waals surface area contributed by atoms with Gasteiger partial charge in [-0.25, -0.2) is 9.37 Å². The summed E-state index contributed by atoms with van der Waals surface area (Å²) in [7, 11) is 0. The summed E-state index contributed by atoms with van der Waals surface area (Å²) in [5.74, 6) is -1.28. The molecule has 1 heterocycles. The maximum Gasteiger partial charge on any atom is 0.311 e. The molecule has 23 heavy (non-hydrogen) atoms. The van der Waals surface area contributed by atoms with Crippen LogP contribution in [0.2, 0.25) is 5.02 Å². The number of anilines is 1. The molecular weight excluding hydrogens is 323 g/mol. The fraction of sp³-hybridized carbons (Fsp3) is 0.188. The number of benzene rings is 1. The molecule has 1 amide bonds. The van der Waals surface area contributed by atoms with Gasteiger partial charge in [-0.1, -0.05) is 23.7 Å². The van der Waals surface area contributed by atoms with Gasteiger partial charge in [0.1, 0.15) is 11.6 Å². The maximum atomic E-state index is 13.0. The van der Waals surface area contributed by atoms with E-state index in [9.17, 15) is 14.0 Å². The van der Waals surface area contributed by atoms with Gasteiger partial charge in [0.2, 0.25) is 0 Å². The summed E-state index contributed by atoms with van der Waals surface area (Å²) in [6, 6.07) is 8.73. The lowest BCUT2D eigenvalue weighted by Crippen LogP contribution is -2.30. The monoisotopic (exact) mass is 336 g/mol. The number of esters is 1. The predicted molar refractivity (Wildman–Crippen MR) is 83.5 cm³/mol. The number of aromatic nitrogens is 1. The third-order valence-corrected chi connectivity index (χ3v) is 3.12. The van der Waals surface area contributed by atoms with Crippen LogP contribution in [0, 0.1) is 5.82 Å². The van der Waals surface area contributed by atoms with Crippen LogP contribution in [0.15, 0.2) is 42.6 Å². The van der Waals surface area contributed by atoms with Crippen molar-refractivity contribution in [3.8, 4) is 0 Å². The van der Waals surface area contributed by atoms with E-state index in [0.29, 0.717) is 16.4 Å². The maximum absolute atomic E-state index is 13.0. The van der Waals surface area contributed by atoms with Crippen LogP contribution in [0.3, 0.4) is 0 Å². The van der Waals surface area contributed by atoms with E-state index in [0.717, 1.165) is 0 Å². The number of amides is 1. The molecule has 1 N–H and O–H groups in total. The van der Waals surface area contributed by atoms with E-state index in [1.165, 1.54) is 37.4 Å². The molecule has 120 valence electrons. The van der Waals surface area contributed by atoms with Crippen molar-refractivity contribution in [2.45, 2.75) is 19.4 Å². The van der Waals surface area contributed by atoms with Crippen molar-refractivity contribution < 1.29 is 18.7 Å². The molecule has 0 bridgehead atoms. The zero-order valence-electron chi connectivity index (χ0n) is 12.3. The highest BCUT2D eigenvalue weighted by atomic mass is 35.5. The molecule has 0 fully saturated rings. The average molecular weight is 337 g/mol. The van der Waals surface area contributed by atoms with Gasteiger partial charge in [-0.2, -0.15) is 0 Å². The van der Waals surface area contributed by atoms with Gasteiger partial charge >= 0.3 is 5.97 Å². The Morgan fingerprint density at radius 3 is 2.78 bits per heavy atom. The van der Waals surface area contributed by atoms with E-state index in [4.69, 9.17) is 16.3 Å². The van der Waals surface area contributed by atoms with E-state index < -0.39 is 23.8 Å². The van der Waals surface area contributed by atoms with E-state index in [1.54, 1.807) is 12.1 Å². The first-order valence-electron chi connectivity index (χ1n) is 6.80. The Kier molecular flexibility index (Phi) is 5.65. The van der Waals surface area contributed by atoms with Crippen molar-refractivity contribution in [1.82, 2.24) is 4.98 Å².